The highest BCUT2D eigenvalue weighted by Gasteiger charge is 2.58. The number of halogens is 3. The van der Waals surface area contributed by atoms with E-state index in [1.807, 2.05) is 0 Å². The van der Waals surface area contributed by atoms with Gasteiger partial charge in [-0.1, -0.05) is 24.3 Å². The number of rotatable bonds is 7. The number of alkyl halides is 3. The Bertz CT molecular complexity index is 959. The molecule has 0 saturated heterocycles. The predicted octanol–water partition coefficient (Wildman–Crippen LogP) is 2.41. The van der Waals surface area contributed by atoms with Crippen molar-refractivity contribution in [3.05, 3.63) is 77.3 Å². The van der Waals surface area contributed by atoms with Gasteiger partial charge >= 0.3 is 6.18 Å². The van der Waals surface area contributed by atoms with Crippen LogP contribution in [0.2, 0.25) is 0 Å². The van der Waals surface area contributed by atoms with Crippen molar-refractivity contribution < 1.29 is 18.0 Å². The van der Waals surface area contributed by atoms with E-state index in [0.717, 1.165) is 24.5 Å². The summed E-state index contributed by atoms with van der Waals surface area (Å²) in [7, 11) is 0. The largest absolute Gasteiger partial charge is 0.416 e. The third kappa shape index (κ3) is 3.78. The summed E-state index contributed by atoms with van der Waals surface area (Å²) in [5, 5.41) is 3.43. The van der Waals surface area contributed by atoms with E-state index < -0.39 is 23.7 Å². The third-order valence-electron chi connectivity index (χ3n) is 5.51. The minimum Gasteiger partial charge on any atom is -0.364 e. The molecule has 6 nitrogen and oxygen atoms in total. The van der Waals surface area contributed by atoms with Crippen LogP contribution in [0.5, 0.6) is 0 Å². The van der Waals surface area contributed by atoms with E-state index in [0.29, 0.717) is 18.0 Å². The summed E-state index contributed by atoms with van der Waals surface area (Å²) in [6.45, 7) is 0.703. The summed E-state index contributed by atoms with van der Waals surface area (Å²) >= 11 is 0. The summed E-state index contributed by atoms with van der Waals surface area (Å²) in [5.41, 5.74) is 8.13. The molecule has 2 aliphatic rings. The number of pyridine rings is 1. The number of primary amides is 1. The van der Waals surface area contributed by atoms with Gasteiger partial charge in [-0.15, -0.1) is 0 Å². The van der Waals surface area contributed by atoms with Gasteiger partial charge < -0.3 is 16.5 Å². The zero-order chi connectivity index (χ0) is 21.4. The molecule has 1 fully saturated rings. The van der Waals surface area contributed by atoms with Gasteiger partial charge in [-0.3, -0.25) is 9.78 Å². The molecule has 5 N–H and O–H groups in total. The highest BCUT2D eigenvalue weighted by atomic mass is 19.4. The number of benzene rings is 1. The molecule has 2 aromatic rings. The van der Waals surface area contributed by atoms with E-state index in [1.165, 1.54) is 6.07 Å². The van der Waals surface area contributed by atoms with E-state index in [9.17, 15) is 18.0 Å². The summed E-state index contributed by atoms with van der Waals surface area (Å²) in [6.07, 6.45) is 1.54. The van der Waals surface area contributed by atoms with Crippen molar-refractivity contribution in [2.75, 3.05) is 6.54 Å². The highest BCUT2D eigenvalue weighted by molar-refractivity contribution is 5.92. The molecule has 2 unspecified atom stereocenters. The van der Waals surface area contributed by atoms with E-state index in [1.54, 1.807) is 42.7 Å². The maximum absolute atomic E-state index is 14.4. The van der Waals surface area contributed by atoms with Crippen LogP contribution in [-0.4, -0.2) is 23.6 Å². The van der Waals surface area contributed by atoms with Gasteiger partial charge in [0.2, 0.25) is 0 Å². The molecule has 158 valence electrons. The van der Waals surface area contributed by atoms with Gasteiger partial charge in [-0.25, -0.2) is 5.43 Å². The summed E-state index contributed by atoms with van der Waals surface area (Å²) in [5.74, 6) is -0.436. The quantitative estimate of drug-likeness (QED) is 0.555. The Balaban J connectivity index is 1.84. The second kappa shape index (κ2) is 7.73. The zero-order valence-electron chi connectivity index (χ0n) is 16.0. The first-order valence-corrected chi connectivity index (χ1v) is 9.67. The minimum absolute atomic E-state index is 0.00800. The van der Waals surface area contributed by atoms with Crippen molar-refractivity contribution in [3.63, 3.8) is 0 Å². The molecule has 0 spiro atoms. The Labute approximate surface area is 171 Å². The van der Waals surface area contributed by atoms with Crippen LogP contribution in [-0.2, 0) is 10.3 Å². The maximum Gasteiger partial charge on any atom is 0.416 e. The average Bonchev–Trinajstić information content (AvgIpc) is 3.43. The van der Waals surface area contributed by atoms with Gasteiger partial charge in [0.15, 0.2) is 5.54 Å². The molecule has 4 rings (SSSR count). The fourth-order valence-electron chi connectivity index (χ4n) is 3.72. The normalized spacial score (nSPS) is 22.3. The molecule has 0 radical (unpaired) electrons. The molecular weight excluding hydrogens is 395 g/mol. The SMILES string of the molecule is NC(=O)C1=CC(c2ccccc2C(NCC2CC2)c2ccncc2)(C(F)(F)F)NN1. The van der Waals surface area contributed by atoms with E-state index in [4.69, 9.17) is 5.73 Å². The number of nitrogens with zero attached hydrogens (tertiary/aromatic N) is 1. The van der Waals surface area contributed by atoms with E-state index >= 15 is 0 Å². The third-order valence-corrected chi connectivity index (χ3v) is 5.51. The number of aromatic nitrogens is 1. The molecule has 1 aromatic carbocycles. The monoisotopic (exact) mass is 417 g/mol. The number of nitrogens with one attached hydrogen (secondary N) is 3. The van der Waals surface area contributed by atoms with Crippen molar-refractivity contribution >= 4 is 5.91 Å². The molecule has 1 aliphatic heterocycles. The molecule has 0 bridgehead atoms. The molecule has 30 heavy (non-hydrogen) atoms. The van der Waals surface area contributed by atoms with Crippen LogP contribution in [0.4, 0.5) is 13.2 Å². The Morgan fingerprint density at radius 1 is 1.23 bits per heavy atom. The minimum atomic E-state index is -4.73. The van der Waals surface area contributed by atoms with Crippen LogP contribution in [0.3, 0.4) is 0 Å². The highest BCUT2D eigenvalue weighted by Crippen LogP contribution is 2.45. The number of hydrogen-bond donors (Lipinski definition) is 4. The number of hydrogen-bond acceptors (Lipinski definition) is 5. The summed E-state index contributed by atoms with van der Waals surface area (Å²) in [6, 6.07) is 9.44. The van der Waals surface area contributed by atoms with Gasteiger partial charge in [-0.05, 0) is 60.2 Å². The Morgan fingerprint density at radius 2 is 1.93 bits per heavy atom. The molecule has 2 heterocycles. The first-order chi connectivity index (χ1) is 14.3. The van der Waals surface area contributed by atoms with Crippen molar-refractivity contribution in [2.45, 2.75) is 30.6 Å². The topological polar surface area (TPSA) is 92.1 Å². The van der Waals surface area contributed by atoms with Gasteiger partial charge in [0.05, 0.1) is 6.04 Å². The first kappa shape index (κ1) is 20.4. The lowest BCUT2D eigenvalue weighted by Crippen LogP contribution is -2.54. The lowest BCUT2D eigenvalue weighted by Gasteiger charge is -2.34. The maximum atomic E-state index is 14.4. The molecular formula is C21H22F3N5O. The number of hydrazine groups is 1. The first-order valence-electron chi connectivity index (χ1n) is 9.67. The van der Waals surface area contributed by atoms with Crippen LogP contribution in [0.1, 0.15) is 35.6 Å². The molecule has 1 aliphatic carbocycles. The van der Waals surface area contributed by atoms with Crippen LogP contribution in [0, 0.1) is 5.92 Å². The van der Waals surface area contributed by atoms with Crippen LogP contribution >= 0.6 is 0 Å². The van der Waals surface area contributed by atoms with Crippen molar-refractivity contribution in [2.24, 2.45) is 11.7 Å². The summed E-state index contributed by atoms with van der Waals surface area (Å²) in [4.78, 5) is 15.6. The number of amides is 1. The smallest absolute Gasteiger partial charge is 0.364 e. The van der Waals surface area contributed by atoms with Crippen LogP contribution in [0.25, 0.3) is 0 Å². The Kier molecular flexibility index (Phi) is 5.25. The van der Waals surface area contributed by atoms with Gasteiger partial charge in [0.1, 0.15) is 5.70 Å². The average molecular weight is 417 g/mol. The molecule has 9 heteroatoms. The van der Waals surface area contributed by atoms with Crippen molar-refractivity contribution in [1.29, 1.82) is 0 Å². The number of carbonyl (C=O) groups is 1. The molecule has 1 saturated carbocycles. The van der Waals surface area contributed by atoms with Gasteiger partial charge in [0, 0.05) is 12.4 Å². The second-order valence-corrected chi connectivity index (χ2v) is 7.63. The number of nitrogens with two attached hydrogens (primary N) is 1. The number of carbonyl (C=O) groups excluding carboxylic acids is 1. The fourth-order valence-corrected chi connectivity index (χ4v) is 3.72. The standard InChI is InChI=1S/C21H22F3N5O/c22-21(23,24)20(11-17(19(25)30)28-29-20)16-4-2-1-3-15(16)18(27-12-13-5-6-13)14-7-9-26-10-8-14/h1-4,7-11,13,18,27-29H,5-6,12H2,(H2,25,30). The van der Waals surface area contributed by atoms with E-state index in [2.05, 4.69) is 21.2 Å². The van der Waals surface area contributed by atoms with Crippen molar-refractivity contribution in [3.8, 4) is 0 Å². The molecule has 2 atom stereocenters. The van der Waals surface area contributed by atoms with Gasteiger partial charge in [-0.2, -0.15) is 13.2 Å². The van der Waals surface area contributed by atoms with Crippen LogP contribution < -0.4 is 21.9 Å². The fraction of sp³-hybridized carbons (Fsp3) is 0.333. The van der Waals surface area contributed by atoms with Crippen LogP contribution in [0.15, 0.2) is 60.6 Å². The zero-order valence-corrected chi connectivity index (χ0v) is 16.0. The molecule has 1 aromatic heterocycles. The Hall–Kier alpha value is -2.91. The lowest BCUT2D eigenvalue weighted by atomic mass is 9.82. The van der Waals surface area contributed by atoms with E-state index in [-0.39, 0.29) is 11.3 Å². The van der Waals surface area contributed by atoms with Gasteiger partial charge in [0.25, 0.3) is 5.91 Å². The second-order valence-electron chi connectivity index (χ2n) is 7.63. The molecule has 1 amide bonds. The summed E-state index contributed by atoms with van der Waals surface area (Å²) < 4.78 is 43.1. The Morgan fingerprint density at radius 3 is 2.53 bits per heavy atom. The van der Waals surface area contributed by atoms with Crippen molar-refractivity contribution in [1.82, 2.24) is 21.2 Å². The predicted molar refractivity (Wildman–Crippen MR) is 105 cm³/mol. The lowest BCUT2D eigenvalue weighted by molar-refractivity contribution is -0.185.